The normalized spacial score (nSPS) is 9.94. The van der Waals surface area contributed by atoms with E-state index >= 15 is 0 Å². The van der Waals surface area contributed by atoms with Crippen molar-refractivity contribution in [3.05, 3.63) is 41.2 Å². The summed E-state index contributed by atoms with van der Waals surface area (Å²) in [5.41, 5.74) is 1.12. The third-order valence-corrected chi connectivity index (χ3v) is 3.13. The molecule has 0 amide bonds. The molecule has 0 radical (unpaired) electrons. The van der Waals surface area contributed by atoms with Crippen molar-refractivity contribution in [1.82, 2.24) is 4.73 Å². The van der Waals surface area contributed by atoms with Crippen LogP contribution in [0.15, 0.2) is 36.5 Å². The van der Waals surface area contributed by atoms with Gasteiger partial charge in [0.15, 0.2) is 0 Å². The first-order chi connectivity index (χ1) is 8.09. The van der Waals surface area contributed by atoms with Gasteiger partial charge in [-0.15, -0.1) is 18.3 Å². The van der Waals surface area contributed by atoms with Crippen LogP contribution in [0.2, 0.25) is 0 Å². The molecule has 0 spiro atoms. The van der Waals surface area contributed by atoms with E-state index in [0.29, 0.717) is 10.4 Å². The second-order valence-corrected chi connectivity index (χ2v) is 5.11. The van der Waals surface area contributed by atoms with E-state index < -0.39 is 0 Å². The zero-order valence-electron chi connectivity index (χ0n) is 9.72. The van der Waals surface area contributed by atoms with Gasteiger partial charge in [-0.1, -0.05) is 23.9 Å². The molecule has 0 atom stereocenters. The number of hydrogen-bond acceptors (Lipinski definition) is 4. The number of thioether (sulfide) groups is 1. The van der Waals surface area contributed by atoms with Gasteiger partial charge in [0.25, 0.3) is 0 Å². The summed E-state index contributed by atoms with van der Waals surface area (Å²) in [5.74, 6) is 0.910. The topological polar surface area (TPSA) is 31.2 Å². The van der Waals surface area contributed by atoms with Gasteiger partial charge in [0, 0.05) is 6.20 Å². The van der Waals surface area contributed by atoms with Gasteiger partial charge in [-0.25, -0.2) is 4.79 Å². The maximum atomic E-state index is 11.5. The van der Waals surface area contributed by atoms with Crippen molar-refractivity contribution in [2.45, 2.75) is 13.3 Å². The first-order valence-electron chi connectivity index (χ1n) is 5.20. The second-order valence-electron chi connectivity index (χ2n) is 3.59. The predicted molar refractivity (Wildman–Crippen MR) is 73.6 cm³/mol. The Labute approximate surface area is 110 Å². The van der Waals surface area contributed by atoms with Crippen molar-refractivity contribution in [3.8, 4) is 0 Å². The van der Waals surface area contributed by atoms with E-state index in [1.807, 2.05) is 6.92 Å². The fraction of sp³-hybridized carbons (Fsp3) is 0.333. The molecule has 0 aliphatic carbocycles. The highest BCUT2D eigenvalue weighted by atomic mass is 32.2. The first-order valence-corrected chi connectivity index (χ1v) is 6.77. The Balaban J connectivity index is 2.33. The minimum atomic E-state index is -0.293. The second kappa shape index (κ2) is 7.29. The van der Waals surface area contributed by atoms with Crippen LogP contribution < -0.4 is 4.84 Å². The number of rotatable bonds is 6. The van der Waals surface area contributed by atoms with Gasteiger partial charge in [0.1, 0.15) is 4.64 Å². The van der Waals surface area contributed by atoms with Crippen molar-refractivity contribution in [1.29, 1.82) is 0 Å². The molecular formula is C12H15NO2S2. The molecule has 17 heavy (non-hydrogen) atoms. The summed E-state index contributed by atoms with van der Waals surface area (Å²) in [7, 11) is 0. The molecule has 0 bridgehead atoms. The van der Waals surface area contributed by atoms with Crippen LogP contribution in [0.5, 0.6) is 0 Å². The lowest BCUT2D eigenvalue weighted by atomic mass is 10.3. The van der Waals surface area contributed by atoms with Crippen LogP contribution >= 0.6 is 24.0 Å². The highest BCUT2D eigenvalue weighted by molar-refractivity contribution is 7.99. The fourth-order valence-corrected chi connectivity index (χ4v) is 2.06. The number of nitrogens with zero attached hydrogens (tertiary/aromatic N) is 1. The van der Waals surface area contributed by atoms with E-state index in [1.165, 1.54) is 16.5 Å². The van der Waals surface area contributed by atoms with Crippen LogP contribution in [0.4, 0.5) is 0 Å². The third kappa shape index (κ3) is 5.70. The summed E-state index contributed by atoms with van der Waals surface area (Å²) in [6, 6.07) is 5.27. The molecule has 0 aliphatic heterocycles. The molecular weight excluding hydrogens is 254 g/mol. The Morgan fingerprint density at radius 3 is 3.00 bits per heavy atom. The van der Waals surface area contributed by atoms with Crippen molar-refractivity contribution in [3.63, 3.8) is 0 Å². The van der Waals surface area contributed by atoms with Crippen LogP contribution in [0.1, 0.15) is 13.3 Å². The number of pyridine rings is 1. The highest BCUT2D eigenvalue weighted by Gasteiger charge is 2.04. The molecule has 92 valence electrons. The van der Waals surface area contributed by atoms with Crippen LogP contribution in [0, 0.1) is 4.64 Å². The van der Waals surface area contributed by atoms with Crippen LogP contribution in [-0.4, -0.2) is 22.2 Å². The number of carbonyl (C=O) groups excluding carboxylic acids is 1. The molecule has 1 heterocycles. The molecule has 1 aromatic heterocycles. The molecule has 5 heteroatoms. The summed E-state index contributed by atoms with van der Waals surface area (Å²) >= 11 is 6.54. The summed E-state index contributed by atoms with van der Waals surface area (Å²) in [6.07, 6.45) is 2.54. The largest absolute Gasteiger partial charge is 0.342 e. The summed E-state index contributed by atoms with van der Waals surface area (Å²) in [5, 5.41) is 0. The molecule has 0 fully saturated rings. The van der Waals surface area contributed by atoms with Gasteiger partial charge in [-0.05, 0) is 31.2 Å². The van der Waals surface area contributed by atoms with Crippen LogP contribution in [0.25, 0.3) is 0 Å². The van der Waals surface area contributed by atoms with Gasteiger partial charge < -0.3 is 4.84 Å². The zero-order valence-corrected chi connectivity index (χ0v) is 11.4. The molecule has 1 aromatic rings. The van der Waals surface area contributed by atoms with Crippen molar-refractivity contribution in [2.24, 2.45) is 0 Å². The minimum absolute atomic E-state index is 0.293. The minimum Gasteiger partial charge on any atom is -0.335 e. The number of hydrogen-bond donors (Lipinski definition) is 0. The van der Waals surface area contributed by atoms with E-state index in [2.05, 4.69) is 6.58 Å². The average Bonchev–Trinajstić information content (AvgIpc) is 2.27. The molecule has 0 N–H and O–H groups in total. The fourth-order valence-electron chi connectivity index (χ4n) is 1.03. The molecule has 1 rings (SSSR count). The smallest absolute Gasteiger partial charge is 0.335 e. The molecule has 0 aromatic carbocycles. The number of carbonyl (C=O) groups is 1. The Hall–Kier alpha value is -1.07. The predicted octanol–water partition coefficient (Wildman–Crippen LogP) is 2.87. The maximum Gasteiger partial charge on any atom is 0.342 e. The van der Waals surface area contributed by atoms with Gasteiger partial charge in [-0.2, -0.15) is 4.73 Å². The van der Waals surface area contributed by atoms with Crippen LogP contribution in [0.3, 0.4) is 0 Å². The Kier molecular flexibility index (Phi) is 6.00. The molecule has 0 saturated heterocycles. The average molecular weight is 269 g/mol. The highest BCUT2D eigenvalue weighted by Crippen LogP contribution is 2.06. The maximum absolute atomic E-state index is 11.5. The lowest BCUT2D eigenvalue weighted by Crippen LogP contribution is -2.22. The number of aromatic nitrogens is 1. The molecule has 0 unspecified atom stereocenters. The van der Waals surface area contributed by atoms with Gasteiger partial charge in [0.2, 0.25) is 0 Å². The Morgan fingerprint density at radius 2 is 2.35 bits per heavy atom. The Morgan fingerprint density at radius 1 is 1.59 bits per heavy atom. The van der Waals surface area contributed by atoms with E-state index in [9.17, 15) is 4.79 Å². The van der Waals surface area contributed by atoms with Crippen molar-refractivity contribution in [2.75, 3.05) is 11.5 Å². The van der Waals surface area contributed by atoms with E-state index in [-0.39, 0.29) is 5.97 Å². The van der Waals surface area contributed by atoms with Crippen LogP contribution in [-0.2, 0) is 4.79 Å². The van der Waals surface area contributed by atoms with Crippen molar-refractivity contribution >= 4 is 29.9 Å². The molecule has 3 nitrogen and oxygen atoms in total. The zero-order chi connectivity index (χ0) is 12.7. The quantitative estimate of drug-likeness (QED) is 0.451. The molecule has 0 aliphatic rings. The monoisotopic (exact) mass is 269 g/mol. The number of allylic oxidation sites excluding steroid dienone is 1. The summed E-state index contributed by atoms with van der Waals surface area (Å²) in [6.45, 7) is 5.78. The third-order valence-electron chi connectivity index (χ3n) is 1.88. The summed E-state index contributed by atoms with van der Waals surface area (Å²) < 4.78 is 1.78. The van der Waals surface area contributed by atoms with Gasteiger partial charge in [-0.3, -0.25) is 0 Å². The lowest BCUT2D eigenvalue weighted by Gasteiger charge is -2.06. The van der Waals surface area contributed by atoms with Crippen molar-refractivity contribution < 1.29 is 9.63 Å². The first kappa shape index (κ1) is 14.0. The van der Waals surface area contributed by atoms with Gasteiger partial charge in [0.05, 0.1) is 5.75 Å². The van der Waals surface area contributed by atoms with E-state index in [4.69, 9.17) is 17.1 Å². The van der Waals surface area contributed by atoms with Gasteiger partial charge >= 0.3 is 5.97 Å². The lowest BCUT2D eigenvalue weighted by molar-refractivity contribution is -0.141. The SMILES string of the molecule is C=C(C)CCSCC(=O)On1ccccc1=S. The van der Waals surface area contributed by atoms with E-state index in [0.717, 1.165) is 17.7 Å². The standard InChI is InChI=1S/C12H15NO2S2/c1-10(2)6-8-17-9-12(14)15-13-7-4-3-5-11(13)16/h3-5,7H,1,6,8-9H2,2H3. The summed E-state index contributed by atoms with van der Waals surface area (Å²) in [4.78, 5) is 16.6. The van der Waals surface area contributed by atoms with E-state index in [1.54, 1.807) is 24.4 Å². The Bertz CT molecular complexity index is 454. The molecule has 0 saturated carbocycles.